The summed E-state index contributed by atoms with van der Waals surface area (Å²) in [5.41, 5.74) is 4.11. The average molecular weight is 209 g/mol. The molecular weight excluding hydrogens is 190 g/mol. The molecule has 0 aromatic heterocycles. The highest BCUT2D eigenvalue weighted by molar-refractivity contribution is 7.80. The van der Waals surface area contributed by atoms with Gasteiger partial charge in [0.05, 0.1) is 0 Å². The van der Waals surface area contributed by atoms with Crippen LogP contribution in [-0.2, 0) is 6.54 Å². The van der Waals surface area contributed by atoms with Crippen molar-refractivity contribution >= 4 is 12.6 Å². The standard InChI is InChI=1S/C12H19NS/c1-10-4-5-12(11(2)8-10)9-13-6-3-7-14/h4-5,8,13-14H,3,6-7,9H2,1-2H3. The summed E-state index contributed by atoms with van der Waals surface area (Å²) in [6, 6.07) is 6.61. The molecule has 0 unspecified atom stereocenters. The first-order valence-corrected chi connectivity index (χ1v) is 5.75. The van der Waals surface area contributed by atoms with Crippen molar-refractivity contribution in [2.75, 3.05) is 12.3 Å². The van der Waals surface area contributed by atoms with Crippen molar-refractivity contribution in [2.45, 2.75) is 26.8 Å². The monoisotopic (exact) mass is 209 g/mol. The molecule has 1 N–H and O–H groups in total. The van der Waals surface area contributed by atoms with E-state index in [2.05, 4.69) is 50.0 Å². The second-order valence-corrected chi connectivity index (χ2v) is 4.13. The van der Waals surface area contributed by atoms with Crippen LogP contribution >= 0.6 is 12.6 Å². The molecule has 1 rings (SSSR count). The fraction of sp³-hybridized carbons (Fsp3) is 0.500. The lowest BCUT2D eigenvalue weighted by Gasteiger charge is -2.07. The Kier molecular flexibility index (Phi) is 5.05. The largest absolute Gasteiger partial charge is 0.313 e. The van der Waals surface area contributed by atoms with E-state index in [-0.39, 0.29) is 0 Å². The number of hydrogen-bond donors (Lipinski definition) is 2. The Morgan fingerprint density at radius 1 is 1.29 bits per heavy atom. The first-order valence-electron chi connectivity index (χ1n) is 5.11. The molecule has 0 aliphatic carbocycles. The van der Waals surface area contributed by atoms with Gasteiger partial charge in [-0.1, -0.05) is 23.8 Å². The maximum atomic E-state index is 4.17. The Balaban J connectivity index is 2.42. The van der Waals surface area contributed by atoms with E-state index in [4.69, 9.17) is 0 Å². The summed E-state index contributed by atoms with van der Waals surface area (Å²) in [5.74, 6) is 0.958. The minimum absolute atomic E-state index is 0.958. The number of rotatable bonds is 5. The zero-order chi connectivity index (χ0) is 10.4. The first-order chi connectivity index (χ1) is 6.74. The molecule has 0 fully saturated rings. The van der Waals surface area contributed by atoms with Crippen LogP contribution in [0.25, 0.3) is 0 Å². The maximum absolute atomic E-state index is 4.17. The molecule has 1 nitrogen and oxygen atoms in total. The third-order valence-electron chi connectivity index (χ3n) is 2.33. The van der Waals surface area contributed by atoms with Crippen LogP contribution in [0.5, 0.6) is 0 Å². The maximum Gasteiger partial charge on any atom is 0.0208 e. The van der Waals surface area contributed by atoms with Gasteiger partial charge < -0.3 is 5.32 Å². The fourth-order valence-electron chi connectivity index (χ4n) is 1.47. The molecule has 0 atom stereocenters. The molecule has 0 bridgehead atoms. The van der Waals surface area contributed by atoms with Crippen LogP contribution in [0.3, 0.4) is 0 Å². The van der Waals surface area contributed by atoms with E-state index >= 15 is 0 Å². The summed E-state index contributed by atoms with van der Waals surface area (Å²) in [4.78, 5) is 0. The van der Waals surface area contributed by atoms with Gasteiger partial charge in [-0.15, -0.1) is 0 Å². The molecule has 1 aromatic carbocycles. The van der Waals surface area contributed by atoms with Crippen molar-refractivity contribution in [3.8, 4) is 0 Å². The van der Waals surface area contributed by atoms with Gasteiger partial charge >= 0.3 is 0 Å². The van der Waals surface area contributed by atoms with Crippen LogP contribution in [0.1, 0.15) is 23.1 Å². The highest BCUT2D eigenvalue weighted by atomic mass is 32.1. The third-order valence-corrected chi connectivity index (χ3v) is 2.64. The van der Waals surface area contributed by atoms with Crippen LogP contribution in [0, 0.1) is 13.8 Å². The van der Waals surface area contributed by atoms with Crippen LogP contribution in [-0.4, -0.2) is 12.3 Å². The van der Waals surface area contributed by atoms with Gasteiger partial charge in [-0.3, -0.25) is 0 Å². The topological polar surface area (TPSA) is 12.0 Å². The van der Waals surface area contributed by atoms with E-state index in [1.807, 2.05) is 0 Å². The van der Waals surface area contributed by atoms with Crippen molar-refractivity contribution in [3.63, 3.8) is 0 Å². The lowest BCUT2D eigenvalue weighted by molar-refractivity contribution is 0.677. The van der Waals surface area contributed by atoms with E-state index < -0.39 is 0 Å². The summed E-state index contributed by atoms with van der Waals surface area (Å²) < 4.78 is 0. The zero-order valence-electron chi connectivity index (χ0n) is 9.01. The second-order valence-electron chi connectivity index (χ2n) is 3.68. The molecule has 0 heterocycles. The number of aryl methyl sites for hydroxylation is 2. The van der Waals surface area contributed by atoms with Crippen molar-refractivity contribution in [3.05, 3.63) is 34.9 Å². The molecule has 0 amide bonds. The van der Waals surface area contributed by atoms with Gasteiger partial charge in [0.25, 0.3) is 0 Å². The molecule has 1 aromatic rings. The minimum Gasteiger partial charge on any atom is -0.313 e. The molecule has 0 saturated carbocycles. The molecular formula is C12H19NS. The highest BCUT2D eigenvalue weighted by Gasteiger charge is 1.97. The number of nitrogens with one attached hydrogen (secondary N) is 1. The second kappa shape index (κ2) is 6.10. The summed E-state index contributed by atoms with van der Waals surface area (Å²) in [7, 11) is 0. The van der Waals surface area contributed by atoms with E-state index in [1.165, 1.54) is 16.7 Å². The quantitative estimate of drug-likeness (QED) is 0.561. The predicted molar refractivity (Wildman–Crippen MR) is 66.1 cm³/mol. The predicted octanol–water partition coefficient (Wildman–Crippen LogP) is 2.71. The van der Waals surface area contributed by atoms with Crippen molar-refractivity contribution in [1.82, 2.24) is 5.32 Å². The lowest BCUT2D eigenvalue weighted by atomic mass is 10.1. The Morgan fingerprint density at radius 3 is 2.71 bits per heavy atom. The lowest BCUT2D eigenvalue weighted by Crippen LogP contribution is -2.15. The molecule has 0 saturated heterocycles. The SMILES string of the molecule is Cc1ccc(CNCCCS)c(C)c1. The molecule has 2 heteroatoms. The molecule has 0 aliphatic rings. The summed E-state index contributed by atoms with van der Waals surface area (Å²) in [5, 5.41) is 3.41. The van der Waals surface area contributed by atoms with E-state index in [9.17, 15) is 0 Å². The smallest absolute Gasteiger partial charge is 0.0208 e. The highest BCUT2D eigenvalue weighted by Crippen LogP contribution is 2.09. The van der Waals surface area contributed by atoms with Crippen molar-refractivity contribution in [2.24, 2.45) is 0 Å². The van der Waals surface area contributed by atoms with Crippen molar-refractivity contribution in [1.29, 1.82) is 0 Å². The van der Waals surface area contributed by atoms with Crippen LogP contribution in [0.4, 0.5) is 0 Å². The summed E-state index contributed by atoms with van der Waals surface area (Å²) in [6.45, 7) is 6.32. The summed E-state index contributed by atoms with van der Waals surface area (Å²) >= 11 is 4.17. The molecule has 0 radical (unpaired) electrons. The van der Waals surface area contributed by atoms with Crippen LogP contribution in [0.15, 0.2) is 18.2 Å². The first kappa shape index (κ1) is 11.6. The average Bonchev–Trinajstić information content (AvgIpc) is 2.15. The van der Waals surface area contributed by atoms with Gasteiger partial charge in [0.2, 0.25) is 0 Å². The molecule has 0 aliphatic heterocycles. The van der Waals surface area contributed by atoms with Gasteiger partial charge in [0.15, 0.2) is 0 Å². The van der Waals surface area contributed by atoms with Crippen LogP contribution in [0.2, 0.25) is 0 Å². The van der Waals surface area contributed by atoms with Gasteiger partial charge in [0, 0.05) is 6.54 Å². The Morgan fingerprint density at radius 2 is 2.07 bits per heavy atom. The minimum atomic E-state index is 0.958. The number of thiol groups is 1. The Bertz CT molecular complexity index is 284. The van der Waals surface area contributed by atoms with Crippen molar-refractivity contribution < 1.29 is 0 Å². The Labute approximate surface area is 92.3 Å². The third kappa shape index (κ3) is 3.72. The van der Waals surface area contributed by atoms with E-state index in [0.29, 0.717) is 0 Å². The zero-order valence-corrected chi connectivity index (χ0v) is 9.90. The molecule has 0 spiro atoms. The van der Waals surface area contributed by atoms with E-state index in [1.54, 1.807) is 0 Å². The van der Waals surface area contributed by atoms with Crippen LogP contribution < -0.4 is 5.32 Å². The molecule has 14 heavy (non-hydrogen) atoms. The van der Waals surface area contributed by atoms with Gasteiger partial charge in [-0.05, 0) is 43.7 Å². The van der Waals surface area contributed by atoms with Gasteiger partial charge in [0.1, 0.15) is 0 Å². The Hall–Kier alpha value is -0.470. The number of benzene rings is 1. The normalized spacial score (nSPS) is 10.5. The number of hydrogen-bond acceptors (Lipinski definition) is 2. The fourth-order valence-corrected chi connectivity index (χ4v) is 1.63. The van der Waals surface area contributed by atoms with E-state index in [0.717, 1.165) is 25.3 Å². The van der Waals surface area contributed by atoms with Gasteiger partial charge in [-0.2, -0.15) is 12.6 Å². The van der Waals surface area contributed by atoms with Gasteiger partial charge in [-0.25, -0.2) is 0 Å². The molecule has 78 valence electrons. The summed E-state index contributed by atoms with van der Waals surface area (Å²) in [6.07, 6.45) is 1.13.